The Hall–Kier alpha value is -2.08. The molecule has 1 aromatic carbocycles. The van der Waals surface area contributed by atoms with Crippen molar-refractivity contribution in [3.05, 3.63) is 24.1 Å². The van der Waals surface area contributed by atoms with Crippen LogP contribution in [0.15, 0.2) is 22.7 Å². The number of fused-ring (bicyclic) bond motifs is 1. The van der Waals surface area contributed by atoms with E-state index in [9.17, 15) is 0 Å². The van der Waals surface area contributed by atoms with Crippen LogP contribution in [-0.4, -0.2) is 16.9 Å². The Morgan fingerprint density at radius 1 is 1.30 bits per heavy atom. The fourth-order valence-electron chi connectivity index (χ4n) is 2.02. The van der Waals surface area contributed by atoms with Crippen molar-refractivity contribution in [1.82, 2.24) is 10.1 Å². The van der Waals surface area contributed by atoms with E-state index >= 15 is 0 Å². The number of hydrogen-bond acceptors (Lipinski definition) is 6. The van der Waals surface area contributed by atoms with Crippen molar-refractivity contribution in [1.29, 1.82) is 0 Å². The maximum absolute atomic E-state index is 6.09. The van der Waals surface area contributed by atoms with Crippen molar-refractivity contribution >= 4 is 0 Å². The van der Waals surface area contributed by atoms with Gasteiger partial charge in [0.25, 0.3) is 0 Å². The number of nitrogens with two attached hydrogens (primary N) is 1. The van der Waals surface area contributed by atoms with Crippen LogP contribution < -0.4 is 15.2 Å². The van der Waals surface area contributed by atoms with E-state index in [-0.39, 0.29) is 12.8 Å². The topological polar surface area (TPSA) is 83.4 Å². The van der Waals surface area contributed by atoms with Crippen LogP contribution in [0.3, 0.4) is 0 Å². The van der Waals surface area contributed by atoms with Crippen LogP contribution in [0.4, 0.5) is 0 Å². The van der Waals surface area contributed by atoms with E-state index < -0.39 is 0 Å². The van der Waals surface area contributed by atoms with E-state index in [2.05, 4.69) is 24.0 Å². The Balaban J connectivity index is 1.86. The third-order valence-corrected chi connectivity index (χ3v) is 3.61. The molecule has 20 heavy (non-hydrogen) atoms. The van der Waals surface area contributed by atoms with Gasteiger partial charge in [-0.15, -0.1) is 0 Å². The summed E-state index contributed by atoms with van der Waals surface area (Å²) in [6.45, 7) is 4.39. The van der Waals surface area contributed by atoms with E-state index in [0.717, 1.165) is 17.7 Å². The molecule has 2 aromatic rings. The zero-order valence-corrected chi connectivity index (χ0v) is 11.5. The molecular formula is C14H17N3O3. The lowest BCUT2D eigenvalue weighted by atomic mass is 10.0. The molecular weight excluding hydrogens is 258 g/mol. The molecule has 0 aliphatic carbocycles. The molecule has 6 heteroatoms. The molecule has 0 spiro atoms. The highest BCUT2D eigenvalue weighted by molar-refractivity contribution is 5.61. The van der Waals surface area contributed by atoms with Gasteiger partial charge in [-0.3, -0.25) is 0 Å². The first kappa shape index (κ1) is 12.9. The van der Waals surface area contributed by atoms with Crippen molar-refractivity contribution in [3.8, 4) is 22.9 Å². The monoisotopic (exact) mass is 275 g/mol. The molecule has 2 N–H and O–H groups in total. The summed E-state index contributed by atoms with van der Waals surface area (Å²) in [7, 11) is 0. The molecule has 0 saturated heterocycles. The Morgan fingerprint density at radius 2 is 2.10 bits per heavy atom. The molecule has 0 radical (unpaired) electrons. The Morgan fingerprint density at radius 3 is 2.90 bits per heavy atom. The van der Waals surface area contributed by atoms with Gasteiger partial charge in [-0.2, -0.15) is 4.98 Å². The maximum Gasteiger partial charge on any atom is 0.244 e. The molecule has 1 aromatic heterocycles. The van der Waals surface area contributed by atoms with Crippen LogP contribution in [0.2, 0.25) is 0 Å². The van der Waals surface area contributed by atoms with Crippen LogP contribution in [0, 0.1) is 5.92 Å². The van der Waals surface area contributed by atoms with Crippen molar-refractivity contribution in [2.24, 2.45) is 11.7 Å². The largest absolute Gasteiger partial charge is 0.454 e. The number of benzene rings is 1. The highest BCUT2D eigenvalue weighted by atomic mass is 16.7. The molecule has 1 aliphatic heterocycles. The zero-order chi connectivity index (χ0) is 14.1. The van der Waals surface area contributed by atoms with E-state index in [1.54, 1.807) is 0 Å². The smallest absolute Gasteiger partial charge is 0.244 e. The van der Waals surface area contributed by atoms with E-state index in [4.69, 9.17) is 19.7 Å². The van der Waals surface area contributed by atoms with Gasteiger partial charge in [0.1, 0.15) is 0 Å². The maximum atomic E-state index is 6.09. The second-order valence-electron chi connectivity index (χ2n) is 4.94. The normalized spacial score (nSPS) is 16.1. The third-order valence-electron chi connectivity index (χ3n) is 3.61. The molecule has 2 atom stereocenters. The summed E-state index contributed by atoms with van der Waals surface area (Å²) in [6.07, 6.45) is 0.961. The van der Waals surface area contributed by atoms with Crippen molar-refractivity contribution in [2.45, 2.75) is 26.3 Å². The SMILES string of the molecule is CCC(C)C(N)c1nc(-c2ccc3c(c2)OCO3)no1. The Bertz CT molecular complexity index is 611. The van der Waals surface area contributed by atoms with Crippen molar-refractivity contribution in [2.75, 3.05) is 6.79 Å². The van der Waals surface area contributed by atoms with Crippen LogP contribution in [0.1, 0.15) is 32.2 Å². The van der Waals surface area contributed by atoms with Gasteiger partial charge in [-0.25, -0.2) is 0 Å². The quantitative estimate of drug-likeness (QED) is 0.923. The fourth-order valence-corrected chi connectivity index (χ4v) is 2.02. The summed E-state index contributed by atoms with van der Waals surface area (Å²) >= 11 is 0. The van der Waals surface area contributed by atoms with Gasteiger partial charge < -0.3 is 19.7 Å². The van der Waals surface area contributed by atoms with E-state index in [1.165, 1.54) is 0 Å². The summed E-state index contributed by atoms with van der Waals surface area (Å²) in [5, 5.41) is 3.99. The number of aromatic nitrogens is 2. The predicted octanol–water partition coefficient (Wildman–Crippen LogP) is 2.51. The molecule has 0 amide bonds. The van der Waals surface area contributed by atoms with Gasteiger partial charge in [0, 0.05) is 5.56 Å². The summed E-state index contributed by atoms with van der Waals surface area (Å²) in [5.74, 6) is 2.69. The van der Waals surface area contributed by atoms with E-state index in [0.29, 0.717) is 23.4 Å². The van der Waals surface area contributed by atoms with Gasteiger partial charge in [0.15, 0.2) is 11.5 Å². The average Bonchev–Trinajstić information content (AvgIpc) is 3.13. The minimum atomic E-state index is -0.240. The minimum Gasteiger partial charge on any atom is -0.454 e. The average molecular weight is 275 g/mol. The van der Waals surface area contributed by atoms with E-state index in [1.807, 2.05) is 18.2 Å². The third kappa shape index (κ3) is 2.22. The lowest BCUT2D eigenvalue weighted by molar-refractivity contribution is 0.174. The van der Waals surface area contributed by atoms with Crippen LogP contribution in [-0.2, 0) is 0 Å². The van der Waals surface area contributed by atoms with Crippen LogP contribution in [0.5, 0.6) is 11.5 Å². The molecule has 106 valence electrons. The number of ether oxygens (including phenoxy) is 2. The van der Waals surface area contributed by atoms with Gasteiger partial charge in [0.05, 0.1) is 6.04 Å². The molecule has 2 unspecified atom stereocenters. The van der Waals surface area contributed by atoms with Crippen LogP contribution >= 0.6 is 0 Å². The Kier molecular flexibility index (Phi) is 3.31. The lowest BCUT2D eigenvalue weighted by Gasteiger charge is -2.12. The second-order valence-corrected chi connectivity index (χ2v) is 4.94. The van der Waals surface area contributed by atoms with Gasteiger partial charge in [-0.05, 0) is 24.1 Å². The predicted molar refractivity (Wildman–Crippen MR) is 72.2 cm³/mol. The standard InChI is InChI=1S/C14H17N3O3/c1-3-8(2)12(15)14-16-13(17-20-14)9-4-5-10-11(6-9)19-7-18-10/h4-6,8,12H,3,7,15H2,1-2H3. The summed E-state index contributed by atoms with van der Waals surface area (Å²) in [4.78, 5) is 4.38. The first-order chi connectivity index (χ1) is 9.69. The minimum absolute atomic E-state index is 0.240. The van der Waals surface area contributed by atoms with Gasteiger partial charge in [-0.1, -0.05) is 25.4 Å². The van der Waals surface area contributed by atoms with Crippen LogP contribution in [0.25, 0.3) is 11.4 Å². The molecule has 0 bridgehead atoms. The zero-order valence-electron chi connectivity index (χ0n) is 11.5. The molecule has 3 rings (SSSR count). The summed E-state index contributed by atoms with van der Waals surface area (Å²) < 4.78 is 15.9. The molecule has 1 aliphatic rings. The van der Waals surface area contributed by atoms with Gasteiger partial charge >= 0.3 is 0 Å². The highest BCUT2D eigenvalue weighted by Gasteiger charge is 2.21. The first-order valence-corrected chi connectivity index (χ1v) is 6.68. The molecule has 0 fully saturated rings. The first-order valence-electron chi connectivity index (χ1n) is 6.68. The fraction of sp³-hybridized carbons (Fsp3) is 0.429. The second kappa shape index (κ2) is 5.13. The number of rotatable bonds is 4. The lowest BCUT2D eigenvalue weighted by Crippen LogP contribution is -2.18. The van der Waals surface area contributed by atoms with Crippen molar-refractivity contribution in [3.63, 3.8) is 0 Å². The molecule has 2 heterocycles. The summed E-state index contributed by atoms with van der Waals surface area (Å²) in [6, 6.07) is 5.31. The number of hydrogen-bond donors (Lipinski definition) is 1. The summed E-state index contributed by atoms with van der Waals surface area (Å²) in [5.41, 5.74) is 6.91. The van der Waals surface area contributed by atoms with Gasteiger partial charge in [0.2, 0.25) is 18.5 Å². The van der Waals surface area contributed by atoms with Crippen molar-refractivity contribution < 1.29 is 14.0 Å². The molecule has 6 nitrogen and oxygen atoms in total. The molecule has 0 saturated carbocycles. The number of nitrogens with zero attached hydrogens (tertiary/aromatic N) is 2. The highest BCUT2D eigenvalue weighted by Crippen LogP contribution is 2.35. The Labute approximate surface area is 116 Å².